The standard InChI is InChI=1S/C14H14N2O2/c1-16-3-2-11-10(7-16)4-9-5-13-14(18-8-17-13)6-12(9)15-11/h4-6H,2-3,7-8H2,1H3. The number of aromatic nitrogens is 1. The molecular formula is C14H14N2O2. The van der Waals surface area contributed by atoms with Crippen molar-refractivity contribution in [3.8, 4) is 11.5 Å². The Hall–Kier alpha value is -1.81. The van der Waals surface area contributed by atoms with Crippen LogP contribution < -0.4 is 9.47 Å². The van der Waals surface area contributed by atoms with Gasteiger partial charge < -0.3 is 14.4 Å². The molecule has 0 amide bonds. The highest BCUT2D eigenvalue weighted by atomic mass is 16.7. The van der Waals surface area contributed by atoms with Gasteiger partial charge in [0.25, 0.3) is 0 Å². The molecule has 2 aliphatic heterocycles. The highest BCUT2D eigenvalue weighted by Gasteiger charge is 2.18. The minimum absolute atomic E-state index is 0.314. The summed E-state index contributed by atoms with van der Waals surface area (Å²) in [7, 11) is 2.15. The van der Waals surface area contributed by atoms with Gasteiger partial charge in [-0.1, -0.05) is 0 Å². The minimum Gasteiger partial charge on any atom is -0.454 e. The largest absolute Gasteiger partial charge is 0.454 e. The molecule has 0 radical (unpaired) electrons. The van der Waals surface area contributed by atoms with Gasteiger partial charge in [0.2, 0.25) is 6.79 Å². The Morgan fingerprint density at radius 3 is 2.89 bits per heavy atom. The van der Waals surface area contributed by atoms with Gasteiger partial charge in [-0.2, -0.15) is 0 Å². The predicted octanol–water partition coefficient (Wildman–Crippen LogP) is 1.95. The van der Waals surface area contributed by atoms with E-state index in [1.54, 1.807) is 0 Å². The number of likely N-dealkylation sites (N-methyl/N-ethyl adjacent to an activating group) is 1. The maximum Gasteiger partial charge on any atom is 0.231 e. The minimum atomic E-state index is 0.314. The smallest absolute Gasteiger partial charge is 0.231 e. The highest BCUT2D eigenvalue weighted by Crippen LogP contribution is 2.36. The van der Waals surface area contributed by atoms with E-state index >= 15 is 0 Å². The van der Waals surface area contributed by atoms with Crippen molar-refractivity contribution in [1.82, 2.24) is 9.88 Å². The second-order valence-corrected chi connectivity index (χ2v) is 4.98. The van der Waals surface area contributed by atoms with Crippen LogP contribution in [0.4, 0.5) is 0 Å². The average molecular weight is 242 g/mol. The molecule has 4 rings (SSSR count). The van der Waals surface area contributed by atoms with Gasteiger partial charge in [0.1, 0.15) is 0 Å². The third kappa shape index (κ3) is 1.46. The van der Waals surface area contributed by atoms with Crippen molar-refractivity contribution in [1.29, 1.82) is 0 Å². The van der Waals surface area contributed by atoms with Crippen LogP contribution >= 0.6 is 0 Å². The molecule has 0 spiro atoms. The summed E-state index contributed by atoms with van der Waals surface area (Å²) in [5.74, 6) is 1.64. The van der Waals surface area contributed by atoms with Crippen molar-refractivity contribution in [3.05, 3.63) is 29.5 Å². The Morgan fingerprint density at radius 1 is 1.17 bits per heavy atom. The van der Waals surface area contributed by atoms with Gasteiger partial charge >= 0.3 is 0 Å². The van der Waals surface area contributed by atoms with E-state index in [4.69, 9.17) is 14.5 Å². The molecule has 4 nitrogen and oxygen atoms in total. The fraction of sp³-hybridized carbons (Fsp3) is 0.357. The van der Waals surface area contributed by atoms with E-state index in [0.717, 1.165) is 41.9 Å². The molecule has 0 saturated carbocycles. The van der Waals surface area contributed by atoms with E-state index < -0.39 is 0 Å². The lowest BCUT2D eigenvalue weighted by atomic mass is 10.0. The number of pyridine rings is 1. The Morgan fingerprint density at radius 2 is 2.00 bits per heavy atom. The second kappa shape index (κ2) is 3.59. The van der Waals surface area contributed by atoms with Gasteiger partial charge in [-0.3, -0.25) is 4.98 Å². The zero-order chi connectivity index (χ0) is 12.1. The predicted molar refractivity (Wildman–Crippen MR) is 67.9 cm³/mol. The van der Waals surface area contributed by atoms with Crippen LogP contribution in [0.1, 0.15) is 11.3 Å². The van der Waals surface area contributed by atoms with Crippen molar-refractivity contribution in [2.75, 3.05) is 20.4 Å². The van der Waals surface area contributed by atoms with Crippen molar-refractivity contribution in [2.24, 2.45) is 0 Å². The summed E-state index contributed by atoms with van der Waals surface area (Å²) in [6.45, 7) is 2.37. The van der Waals surface area contributed by atoms with E-state index in [2.05, 4.69) is 18.0 Å². The molecule has 3 heterocycles. The monoisotopic (exact) mass is 242 g/mol. The summed E-state index contributed by atoms with van der Waals surface area (Å²) in [6.07, 6.45) is 1.02. The van der Waals surface area contributed by atoms with Crippen LogP contribution in [-0.4, -0.2) is 30.3 Å². The first-order chi connectivity index (χ1) is 8.79. The molecule has 18 heavy (non-hydrogen) atoms. The lowest BCUT2D eigenvalue weighted by molar-refractivity contribution is 0.174. The molecule has 0 bridgehead atoms. The quantitative estimate of drug-likeness (QED) is 0.707. The number of rotatable bonds is 0. The Labute approximate surface area is 105 Å². The summed E-state index contributed by atoms with van der Waals surface area (Å²) in [6, 6.07) is 6.24. The maximum absolute atomic E-state index is 5.41. The topological polar surface area (TPSA) is 34.6 Å². The molecule has 0 aliphatic carbocycles. The average Bonchev–Trinajstić information content (AvgIpc) is 2.80. The summed E-state index contributed by atoms with van der Waals surface area (Å²) < 4.78 is 10.8. The van der Waals surface area contributed by atoms with E-state index in [9.17, 15) is 0 Å². The number of hydrogen-bond acceptors (Lipinski definition) is 4. The Kier molecular flexibility index (Phi) is 2.02. The van der Waals surface area contributed by atoms with E-state index in [-0.39, 0.29) is 0 Å². The molecule has 2 aliphatic rings. The normalized spacial score (nSPS) is 18.1. The molecule has 0 N–H and O–H groups in total. The van der Waals surface area contributed by atoms with Crippen molar-refractivity contribution in [3.63, 3.8) is 0 Å². The zero-order valence-corrected chi connectivity index (χ0v) is 10.3. The first kappa shape index (κ1) is 10.1. The van der Waals surface area contributed by atoms with Crippen LogP contribution in [0.25, 0.3) is 10.9 Å². The first-order valence-corrected chi connectivity index (χ1v) is 6.20. The molecular weight excluding hydrogens is 228 g/mol. The molecule has 0 fully saturated rings. The third-order valence-electron chi connectivity index (χ3n) is 3.65. The van der Waals surface area contributed by atoms with Crippen molar-refractivity contribution in [2.45, 2.75) is 13.0 Å². The SMILES string of the molecule is CN1CCc2nc3cc4c(cc3cc2C1)OCO4. The van der Waals surface area contributed by atoms with Crippen LogP contribution in [0.2, 0.25) is 0 Å². The van der Waals surface area contributed by atoms with Crippen LogP contribution in [0.15, 0.2) is 18.2 Å². The summed E-state index contributed by atoms with van der Waals surface area (Å²) in [4.78, 5) is 7.09. The van der Waals surface area contributed by atoms with E-state index in [1.165, 1.54) is 11.3 Å². The highest BCUT2D eigenvalue weighted by molar-refractivity contribution is 5.83. The van der Waals surface area contributed by atoms with Gasteiger partial charge in [-0.05, 0) is 24.7 Å². The first-order valence-electron chi connectivity index (χ1n) is 6.20. The van der Waals surface area contributed by atoms with Crippen LogP contribution in [0.3, 0.4) is 0 Å². The number of ether oxygens (including phenoxy) is 2. The van der Waals surface area contributed by atoms with Crippen LogP contribution in [-0.2, 0) is 13.0 Å². The Balaban J connectivity index is 1.92. The zero-order valence-electron chi connectivity index (χ0n) is 10.3. The van der Waals surface area contributed by atoms with Crippen LogP contribution in [0.5, 0.6) is 11.5 Å². The van der Waals surface area contributed by atoms with Crippen molar-refractivity contribution < 1.29 is 9.47 Å². The number of hydrogen-bond donors (Lipinski definition) is 0. The molecule has 0 atom stereocenters. The Bertz CT molecular complexity index is 639. The summed E-state index contributed by atoms with van der Waals surface area (Å²) >= 11 is 0. The number of benzene rings is 1. The van der Waals surface area contributed by atoms with Gasteiger partial charge in [-0.25, -0.2) is 0 Å². The lowest BCUT2D eigenvalue weighted by Crippen LogP contribution is -2.27. The van der Waals surface area contributed by atoms with Crippen LogP contribution in [0, 0.1) is 0 Å². The molecule has 2 aromatic rings. The number of nitrogens with zero attached hydrogens (tertiary/aromatic N) is 2. The lowest BCUT2D eigenvalue weighted by Gasteiger charge is -2.24. The number of fused-ring (bicyclic) bond motifs is 3. The van der Waals surface area contributed by atoms with Crippen molar-refractivity contribution >= 4 is 10.9 Å². The molecule has 4 heteroatoms. The van der Waals surface area contributed by atoms with Gasteiger partial charge in [-0.15, -0.1) is 0 Å². The van der Waals surface area contributed by atoms with E-state index in [0.29, 0.717) is 6.79 Å². The maximum atomic E-state index is 5.41. The fourth-order valence-electron chi connectivity index (χ4n) is 2.67. The molecule has 1 aromatic heterocycles. The van der Waals surface area contributed by atoms with Gasteiger partial charge in [0.05, 0.1) is 5.52 Å². The van der Waals surface area contributed by atoms with Gasteiger partial charge in [0.15, 0.2) is 11.5 Å². The third-order valence-corrected chi connectivity index (χ3v) is 3.65. The van der Waals surface area contributed by atoms with E-state index in [1.807, 2.05) is 12.1 Å². The second-order valence-electron chi connectivity index (χ2n) is 4.98. The summed E-state index contributed by atoms with van der Waals surface area (Å²) in [5, 5.41) is 1.13. The summed E-state index contributed by atoms with van der Waals surface area (Å²) in [5.41, 5.74) is 3.55. The van der Waals surface area contributed by atoms with Gasteiger partial charge in [0, 0.05) is 36.7 Å². The molecule has 0 unspecified atom stereocenters. The molecule has 92 valence electrons. The molecule has 1 aromatic carbocycles. The molecule has 0 saturated heterocycles. The fourth-order valence-corrected chi connectivity index (χ4v) is 2.67.